The van der Waals surface area contributed by atoms with Gasteiger partial charge in [0.05, 0.1) is 6.10 Å². The Morgan fingerprint density at radius 3 is 2.64 bits per heavy atom. The van der Waals surface area contributed by atoms with E-state index in [2.05, 4.69) is 22.0 Å². The Hall–Kier alpha value is -0.380. The summed E-state index contributed by atoms with van der Waals surface area (Å²) in [5.74, 6) is 0. The van der Waals surface area contributed by atoms with Gasteiger partial charge in [-0.1, -0.05) is 33.6 Å². The number of aryl methyl sites for hydroxylation is 2. The highest BCUT2D eigenvalue weighted by atomic mass is 79.9. The van der Waals surface area contributed by atoms with Crippen LogP contribution >= 0.6 is 15.9 Å². The van der Waals surface area contributed by atoms with Gasteiger partial charge in [-0.05, 0) is 37.9 Å². The minimum atomic E-state index is -0.465. The molecule has 0 aliphatic heterocycles. The van der Waals surface area contributed by atoms with Crippen molar-refractivity contribution in [2.75, 3.05) is 6.54 Å². The Kier molecular flexibility index (Phi) is 4.11. The topological polar surface area (TPSA) is 46.2 Å². The maximum Gasteiger partial charge on any atom is 0.0813 e. The van der Waals surface area contributed by atoms with E-state index in [0.717, 1.165) is 21.2 Å². The third kappa shape index (κ3) is 2.56. The Balaban J connectivity index is 3.07. The van der Waals surface area contributed by atoms with Gasteiger partial charge in [0.2, 0.25) is 0 Å². The fraction of sp³-hybridized carbons (Fsp3) is 0.455. The Morgan fingerprint density at radius 2 is 2.07 bits per heavy atom. The van der Waals surface area contributed by atoms with Crippen LogP contribution in [0, 0.1) is 13.8 Å². The SMILES string of the molecule is Cc1cc(C)c(Br)c(C(O)CCN)c1. The van der Waals surface area contributed by atoms with Crippen LogP contribution in [0.4, 0.5) is 0 Å². The average molecular weight is 258 g/mol. The van der Waals surface area contributed by atoms with Crippen LogP contribution in [-0.4, -0.2) is 11.7 Å². The van der Waals surface area contributed by atoms with Gasteiger partial charge in [-0.2, -0.15) is 0 Å². The van der Waals surface area contributed by atoms with Crippen LogP contribution in [0.1, 0.15) is 29.2 Å². The summed E-state index contributed by atoms with van der Waals surface area (Å²) >= 11 is 3.48. The molecule has 0 fully saturated rings. The number of halogens is 1. The summed E-state index contributed by atoms with van der Waals surface area (Å²) < 4.78 is 0.990. The lowest BCUT2D eigenvalue weighted by Crippen LogP contribution is -2.07. The molecule has 0 aliphatic rings. The number of aliphatic hydroxyl groups excluding tert-OH is 1. The monoisotopic (exact) mass is 257 g/mol. The van der Waals surface area contributed by atoms with Gasteiger partial charge in [-0.3, -0.25) is 0 Å². The maximum absolute atomic E-state index is 9.84. The van der Waals surface area contributed by atoms with E-state index in [-0.39, 0.29) is 0 Å². The van der Waals surface area contributed by atoms with Crippen LogP contribution in [0.25, 0.3) is 0 Å². The van der Waals surface area contributed by atoms with Crippen molar-refractivity contribution in [1.29, 1.82) is 0 Å². The molecule has 78 valence electrons. The van der Waals surface area contributed by atoms with Gasteiger partial charge in [0.25, 0.3) is 0 Å². The molecule has 0 aromatic heterocycles. The zero-order valence-electron chi connectivity index (χ0n) is 8.55. The fourth-order valence-corrected chi connectivity index (χ4v) is 2.03. The van der Waals surface area contributed by atoms with Crippen molar-refractivity contribution in [2.24, 2.45) is 5.73 Å². The van der Waals surface area contributed by atoms with Crippen molar-refractivity contribution < 1.29 is 5.11 Å². The highest BCUT2D eigenvalue weighted by Crippen LogP contribution is 2.29. The molecule has 0 amide bonds. The molecule has 1 unspecified atom stereocenters. The van der Waals surface area contributed by atoms with E-state index in [1.165, 1.54) is 0 Å². The highest BCUT2D eigenvalue weighted by Gasteiger charge is 2.12. The van der Waals surface area contributed by atoms with Gasteiger partial charge in [0.1, 0.15) is 0 Å². The summed E-state index contributed by atoms with van der Waals surface area (Å²) in [6, 6.07) is 4.08. The lowest BCUT2D eigenvalue weighted by atomic mass is 10.0. The second-order valence-corrected chi connectivity index (χ2v) is 4.37. The number of hydrogen-bond donors (Lipinski definition) is 2. The average Bonchev–Trinajstić information content (AvgIpc) is 2.11. The normalized spacial score (nSPS) is 12.9. The molecule has 14 heavy (non-hydrogen) atoms. The quantitative estimate of drug-likeness (QED) is 0.874. The Bertz CT molecular complexity index is 325. The first kappa shape index (κ1) is 11.7. The van der Waals surface area contributed by atoms with Gasteiger partial charge in [0, 0.05) is 4.47 Å². The number of rotatable bonds is 3. The van der Waals surface area contributed by atoms with Crippen LogP contribution < -0.4 is 5.73 Å². The summed E-state index contributed by atoms with van der Waals surface area (Å²) in [5, 5.41) is 9.84. The van der Waals surface area contributed by atoms with Crippen LogP contribution in [0.2, 0.25) is 0 Å². The predicted octanol–water partition coefficient (Wildman–Crippen LogP) is 2.45. The van der Waals surface area contributed by atoms with E-state index in [1.807, 2.05) is 19.9 Å². The van der Waals surface area contributed by atoms with E-state index < -0.39 is 6.10 Å². The maximum atomic E-state index is 9.84. The van der Waals surface area contributed by atoms with E-state index in [0.29, 0.717) is 13.0 Å². The largest absolute Gasteiger partial charge is 0.388 e. The van der Waals surface area contributed by atoms with Crippen LogP contribution in [0.5, 0.6) is 0 Å². The summed E-state index contributed by atoms with van der Waals surface area (Å²) in [7, 11) is 0. The molecule has 1 aromatic rings. The molecule has 0 bridgehead atoms. The molecule has 3 N–H and O–H groups in total. The summed E-state index contributed by atoms with van der Waals surface area (Å²) in [5.41, 5.74) is 8.67. The molecule has 0 spiro atoms. The standard InChI is InChI=1S/C11H16BrNO/c1-7-5-8(2)11(12)9(6-7)10(14)3-4-13/h5-6,10,14H,3-4,13H2,1-2H3. The van der Waals surface area contributed by atoms with Gasteiger partial charge in [0.15, 0.2) is 0 Å². The van der Waals surface area contributed by atoms with Crippen molar-refractivity contribution in [3.8, 4) is 0 Å². The fourth-order valence-electron chi connectivity index (χ4n) is 1.54. The Morgan fingerprint density at radius 1 is 1.43 bits per heavy atom. The summed E-state index contributed by atoms with van der Waals surface area (Å²) in [4.78, 5) is 0. The molecule has 3 heteroatoms. The second kappa shape index (κ2) is 4.91. The lowest BCUT2D eigenvalue weighted by molar-refractivity contribution is 0.169. The smallest absolute Gasteiger partial charge is 0.0813 e. The molecule has 0 heterocycles. The third-order valence-corrected chi connectivity index (χ3v) is 3.31. The van der Waals surface area contributed by atoms with Crippen molar-refractivity contribution in [3.05, 3.63) is 33.3 Å². The zero-order valence-corrected chi connectivity index (χ0v) is 10.1. The molecule has 1 aromatic carbocycles. The third-order valence-electron chi connectivity index (χ3n) is 2.23. The van der Waals surface area contributed by atoms with E-state index in [4.69, 9.17) is 5.73 Å². The minimum absolute atomic E-state index is 0.465. The number of nitrogens with two attached hydrogens (primary N) is 1. The first-order valence-electron chi connectivity index (χ1n) is 4.71. The van der Waals surface area contributed by atoms with Gasteiger partial charge in [-0.25, -0.2) is 0 Å². The molecule has 0 radical (unpaired) electrons. The van der Waals surface area contributed by atoms with Crippen LogP contribution in [0.3, 0.4) is 0 Å². The zero-order chi connectivity index (χ0) is 10.7. The molecular formula is C11H16BrNO. The van der Waals surface area contributed by atoms with Crippen molar-refractivity contribution >= 4 is 15.9 Å². The number of benzene rings is 1. The van der Waals surface area contributed by atoms with Crippen molar-refractivity contribution in [1.82, 2.24) is 0 Å². The lowest BCUT2D eigenvalue weighted by Gasteiger charge is -2.14. The van der Waals surface area contributed by atoms with Gasteiger partial charge in [-0.15, -0.1) is 0 Å². The molecular weight excluding hydrogens is 242 g/mol. The van der Waals surface area contributed by atoms with Crippen molar-refractivity contribution in [2.45, 2.75) is 26.4 Å². The molecule has 0 saturated heterocycles. The van der Waals surface area contributed by atoms with Crippen LogP contribution in [0.15, 0.2) is 16.6 Å². The first-order chi connectivity index (χ1) is 6.56. The van der Waals surface area contributed by atoms with Crippen LogP contribution in [-0.2, 0) is 0 Å². The molecule has 0 aliphatic carbocycles. The van der Waals surface area contributed by atoms with Crippen molar-refractivity contribution in [3.63, 3.8) is 0 Å². The molecule has 1 rings (SSSR count). The molecule has 1 atom stereocenters. The predicted molar refractivity (Wildman–Crippen MR) is 62.2 cm³/mol. The molecule has 2 nitrogen and oxygen atoms in total. The summed E-state index contributed by atoms with van der Waals surface area (Å²) in [6.07, 6.45) is 0.134. The number of aliphatic hydroxyl groups is 1. The Labute approximate surface area is 93.3 Å². The molecule has 0 saturated carbocycles. The second-order valence-electron chi connectivity index (χ2n) is 3.58. The summed E-state index contributed by atoms with van der Waals surface area (Å²) in [6.45, 7) is 4.55. The van der Waals surface area contributed by atoms with E-state index in [1.54, 1.807) is 0 Å². The minimum Gasteiger partial charge on any atom is -0.388 e. The van der Waals surface area contributed by atoms with E-state index >= 15 is 0 Å². The van der Waals surface area contributed by atoms with Gasteiger partial charge < -0.3 is 10.8 Å². The van der Waals surface area contributed by atoms with E-state index in [9.17, 15) is 5.11 Å². The first-order valence-corrected chi connectivity index (χ1v) is 5.50. The highest BCUT2D eigenvalue weighted by molar-refractivity contribution is 9.10. The van der Waals surface area contributed by atoms with Gasteiger partial charge >= 0.3 is 0 Å². The number of hydrogen-bond acceptors (Lipinski definition) is 2.